The molecule has 0 rings (SSSR count). The lowest BCUT2D eigenvalue weighted by Gasteiger charge is -2.02. The topological polar surface area (TPSA) is 150 Å². The highest BCUT2D eigenvalue weighted by atomic mass is 16.5. The lowest BCUT2D eigenvalue weighted by molar-refractivity contribution is -0.136. The monoisotopic (exact) mass is 343 g/mol. The van der Waals surface area contributed by atoms with Gasteiger partial charge in [0.1, 0.15) is 28.9 Å². The fourth-order valence-electron chi connectivity index (χ4n) is 1.37. The van der Waals surface area contributed by atoms with Crippen LogP contribution in [0.4, 0.5) is 0 Å². The molecule has 0 aromatic rings. The molecular formula is C16H13N3O6. The van der Waals surface area contributed by atoms with Crippen molar-refractivity contribution in [1.82, 2.24) is 0 Å². The van der Waals surface area contributed by atoms with Crippen LogP contribution in [0.2, 0.25) is 0 Å². The number of carbonyl (C=O) groups is 3. The zero-order valence-corrected chi connectivity index (χ0v) is 13.6. The van der Waals surface area contributed by atoms with Gasteiger partial charge in [-0.05, 0) is 29.7 Å². The Bertz CT molecular complexity index is 753. The highest BCUT2D eigenvalue weighted by Gasteiger charge is 2.14. The Morgan fingerprint density at radius 1 is 0.800 bits per heavy atom. The molecule has 0 spiro atoms. The van der Waals surface area contributed by atoms with E-state index >= 15 is 0 Å². The summed E-state index contributed by atoms with van der Waals surface area (Å²) < 4.78 is 13.3. The molecule has 1 N–H and O–H groups in total. The van der Waals surface area contributed by atoms with E-state index in [0.29, 0.717) is 0 Å². The number of nitrogens with zero attached hydrogens (tertiary/aromatic N) is 2. The number of hydrogen-bond donors (Lipinski definition) is 1. The average Bonchev–Trinajstić information content (AvgIpc) is 2.65. The van der Waals surface area contributed by atoms with Crippen molar-refractivity contribution < 1.29 is 28.6 Å². The van der Waals surface area contributed by atoms with E-state index in [0.717, 1.165) is 39.6 Å². The van der Waals surface area contributed by atoms with Gasteiger partial charge in [-0.1, -0.05) is 0 Å². The zero-order valence-electron chi connectivity index (χ0n) is 13.6. The molecule has 9 nitrogen and oxygen atoms in total. The summed E-state index contributed by atoms with van der Waals surface area (Å²) in [5, 5.41) is 25.1. The van der Waals surface area contributed by atoms with Crippen LogP contribution in [0, 0.1) is 28.1 Å². The normalized spacial score (nSPS) is 10.3. The van der Waals surface area contributed by atoms with Gasteiger partial charge >= 0.3 is 17.9 Å². The second-order valence-corrected chi connectivity index (χ2v) is 4.00. The minimum absolute atomic E-state index is 0.107. The van der Waals surface area contributed by atoms with Crippen molar-refractivity contribution in [2.24, 2.45) is 0 Å². The molecule has 0 fully saturated rings. The largest absolute Gasteiger partial charge is 0.465 e. The van der Waals surface area contributed by atoms with Crippen molar-refractivity contribution in [3.8, 4) is 12.1 Å². The summed E-state index contributed by atoms with van der Waals surface area (Å²) in [4.78, 5) is 34.5. The smallest absolute Gasteiger partial charge is 0.348 e. The number of allylic oxidation sites excluding steroid dienone is 3. The maximum atomic E-state index is 11.5. The van der Waals surface area contributed by atoms with Crippen molar-refractivity contribution in [3.63, 3.8) is 0 Å². The Kier molecular flexibility index (Phi) is 9.04. The van der Waals surface area contributed by atoms with E-state index in [4.69, 9.17) is 15.9 Å². The van der Waals surface area contributed by atoms with Crippen LogP contribution in [0.5, 0.6) is 0 Å². The van der Waals surface area contributed by atoms with Gasteiger partial charge in [0.2, 0.25) is 0 Å². The van der Waals surface area contributed by atoms with E-state index in [-0.39, 0.29) is 11.1 Å². The summed E-state index contributed by atoms with van der Waals surface area (Å²) in [6.07, 6.45) is 2.93. The van der Waals surface area contributed by atoms with E-state index < -0.39 is 29.1 Å². The summed E-state index contributed by atoms with van der Waals surface area (Å²) in [6.45, 7) is 0. The molecule has 0 unspecified atom stereocenters. The van der Waals surface area contributed by atoms with Gasteiger partial charge in [-0.25, -0.2) is 14.4 Å². The van der Waals surface area contributed by atoms with Crippen molar-refractivity contribution >= 4 is 23.8 Å². The molecule has 0 saturated carbocycles. The van der Waals surface area contributed by atoms with Crippen molar-refractivity contribution in [2.45, 2.75) is 0 Å². The number of carbonyl (C=O) groups excluding carboxylic acids is 3. The minimum atomic E-state index is -0.975. The SMILES string of the molecule is COC(=O)C(=C=N)C=C(/C=C(/C#N)C(=O)OC)/C=C(/C#N)C(=O)OC. The number of nitriles is 2. The highest BCUT2D eigenvalue weighted by molar-refractivity contribution is 6.01. The lowest BCUT2D eigenvalue weighted by Crippen LogP contribution is -2.07. The molecule has 0 radical (unpaired) electrons. The molecule has 0 aliphatic carbocycles. The van der Waals surface area contributed by atoms with Gasteiger partial charge < -0.3 is 14.2 Å². The molecule has 0 heterocycles. The Labute approximate surface area is 143 Å². The lowest BCUT2D eigenvalue weighted by atomic mass is 10.1. The van der Waals surface area contributed by atoms with Gasteiger partial charge in [-0.15, -0.1) is 0 Å². The first-order valence-corrected chi connectivity index (χ1v) is 6.38. The van der Waals surface area contributed by atoms with Crippen LogP contribution in [-0.2, 0) is 28.6 Å². The zero-order chi connectivity index (χ0) is 19.4. The predicted molar refractivity (Wildman–Crippen MR) is 82.8 cm³/mol. The molecule has 128 valence electrons. The first-order chi connectivity index (χ1) is 11.9. The molecule has 0 aromatic carbocycles. The second kappa shape index (κ2) is 10.7. The van der Waals surface area contributed by atoms with Gasteiger partial charge in [-0.2, -0.15) is 10.5 Å². The van der Waals surface area contributed by atoms with E-state index in [1.54, 1.807) is 12.1 Å². The number of rotatable bonds is 6. The van der Waals surface area contributed by atoms with Crippen molar-refractivity contribution in [1.29, 1.82) is 15.9 Å². The van der Waals surface area contributed by atoms with Crippen LogP contribution in [0.25, 0.3) is 0 Å². The highest BCUT2D eigenvalue weighted by Crippen LogP contribution is 2.13. The van der Waals surface area contributed by atoms with Gasteiger partial charge in [-0.3, -0.25) is 5.41 Å². The number of hydrogen-bond acceptors (Lipinski definition) is 9. The molecule has 0 bridgehead atoms. The molecule has 25 heavy (non-hydrogen) atoms. The quantitative estimate of drug-likeness (QED) is 0.183. The average molecular weight is 343 g/mol. The van der Waals surface area contributed by atoms with Crippen LogP contribution in [-0.4, -0.2) is 45.1 Å². The summed E-state index contributed by atoms with van der Waals surface area (Å²) in [5.74, 6) is -1.07. The molecule has 0 amide bonds. The molecule has 0 aliphatic heterocycles. The van der Waals surface area contributed by atoms with Crippen molar-refractivity contribution in [2.75, 3.05) is 21.3 Å². The molecule has 9 heteroatoms. The predicted octanol–water partition coefficient (Wildman–Crippen LogP) is 0.507. The third kappa shape index (κ3) is 6.37. The van der Waals surface area contributed by atoms with E-state index in [1.807, 2.05) is 5.87 Å². The third-order valence-electron chi connectivity index (χ3n) is 2.52. The first kappa shape index (κ1) is 21.1. The minimum Gasteiger partial charge on any atom is -0.465 e. The number of esters is 3. The van der Waals surface area contributed by atoms with Crippen LogP contribution in [0.3, 0.4) is 0 Å². The van der Waals surface area contributed by atoms with Crippen molar-refractivity contribution in [3.05, 3.63) is 40.5 Å². The third-order valence-corrected chi connectivity index (χ3v) is 2.52. The fraction of sp³-hybridized carbons (Fsp3) is 0.188. The number of ether oxygens (including phenoxy) is 3. The molecular weight excluding hydrogens is 330 g/mol. The Morgan fingerprint density at radius 3 is 1.48 bits per heavy atom. The molecule has 0 aromatic heterocycles. The summed E-state index contributed by atoms with van der Waals surface area (Å²) >= 11 is 0. The molecule has 0 atom stereocenters. The number of methoxy groups -OCH3 is 3. The van der Waals surface area contributed by atoms with Gasteiger partial charge in [0.15, 0.2) is 0 Å². The van der Waals surface area contributed by atoms with E-state index in [9.17, 15) is 14.4 Å². The molecule has 0 saturated heterocycles. The summed E-state index contributed by atoms with van der Waals surface area (Å²) in [5.41, 5.74) is -1.43. The first-order valence-electron chi connectivity index (χ1n) is 6.38. The number of nitrogens with one attached hydrogen (secondary N) is 1. The maximum Gasteiger partial charge on any atom is 0.348 e. The standard InChI is InChI=1S/C16H13N3O6/c1-23-14(20)11(7-17)4-10(5-12(8-18)15(21)24-2)6-13(9-19)16(22)25-3/h4-6,17H,1-3H3/b12-5-,13-6-. The van der Waals surface area contributed by atoms with Crippen LogP contribution in [0.1, 0.15) is 0 Å². The Hall–Kier alpha value is -3.94. The molecule has 0 aliphatic rings. The summed E-state index contributed by atoms with van der Waals surface area (Å²) in [7, 11) is 3.18. The van der Waals surface area contributed by atoms with E-state index in [1.165, 1.54) is 0 Å². The van der Waals surface area contributed by atoms with Gasteiger partial charge in [0, 0.05) is 0 Å². The van der Waals surface area contributed by atoms with Crippen LogP contribution in [0.15, 0.2) is 40.5 Å². The van der Waals surface area contributed by atoms with Crippen LogP contribution < -0.4 is 0 Å². The van der Waals surface area contributed by atoms with Crippen LogP contribution >= 0.6 is 0 Å². The second-order valence-electron chi connectivity index (χ2n) is 4.00. The van der Waals surface area contributed by atoms with Gasteiger partial charge in [0.05, 0.1) is 21.3 Å². The maximum absolute atomic E-state index is 11.5. The Balaban J connectivity index is 6.45. The Morgan fingerprint density at radius 2 is 1.20 bits per heavy atom. The van der Waals surface area contributed by atoms with Gasteiger partial charge in [0.25, 0.3) is 0 Å². The fourth-order valence-corrected chi connectivity index (χ4v) is 1.37. The van der Waals surface area contributed by atoms with E-state index in [2.05, 4.69) is 14.2 Å². The summed E-state index contributed by atoms with van der Waals surface area (Å²) in [6, 6.07) is 3.15.